The van der Waals surface area contributed by atoms with Crippen molar-refractivity contribution in [1.29, 1.82) is 0 Å². The van der Waals surface area contributed by atoms with Crippen LogP contribution in [0.15, 0.2) is 5.38 Å². The first-order chi connectivity index (χ1) is 5.53. The van der Waals surface area contributed by atoms with Gasteiger partial charge in [-0.15, -0.1) is 11.3 Å². The van der Waals surface area contributed by atoms with Gasteiger partial charge < -0.3 is 5.73 Å². The fourth-order valence-corrected chi connectivity index (χ4v) is 2.41. The molecule has 1 aliphatic rings. The second-order valence-corrected chi connectivity index (χ2v) is 5.18. The zero-order chi connectivity index (χ0) is 8.93. The van der Waals surface area contributed by atoms with Crippen molar-refractivity contribution in [1.82, 2.24) is 4.98 Å². The molecular weight excluding hydrogens is 168 g/mol. The topological polar surface area (TPSA) is 38.9 Å². The van der Waals surface area contributed by atoms with Gasteiger partial charge in [0.15, 0.2) is 0 Å². The Hall–Kier alpha value is -0.410. The Bertz CT molecular complexity index is 303. The maximum Gasteiger partial charge on any atom is 0.0897 e. The van der Waals surface area contributed by atoms with Crippen molar-refractivity contribution in [2.45, 2.75) is 32.7 Å². The van der Waals surface area contributed by atoms with E-state index in [1.807, 2.05) is 6.92 Å². The third-order valence-corrected chi connectivity index (χ3v) is 3.66. The van der Waals surface area contributed by atoms with Crippen molar-refractivity contribution in [3.8, 4) is 0 Å². The van der Waals surface area contributed by atoms with Gasteiger partial charge >= 0.3 is 0 Å². The molecule has 3 heteroatoms. The van der Waals surface area contributed by atoms with Crippen LogP contribution in [0.3, 0.4) is 0 Å². The molecule has 1 heterocycles. The molecule has 66 valence electrons. The van der Waals surface area contributed by atoms with Crippen LogP contribution in [0.25, 0.3) is 0 Å². The van der Waals surface area contributed by atoms with Gasteiger partial charge in [0.25, 0.3) is 0 Å². The lowest BCUT2D eigenvalue weighted by Crippen LogP contribution is -2.06. The number of rotatable bonds is 1. The molecule has 0 aromatic carbocycles. The number of aryl methyl sites for hydroxylation is 1. The van der Waals surface area contributed by atoms with Crippen LogP contribution in [0.5, 0.6) is 0 Å². The summed E-state index contributed by atoms with van der Waals surface area (Å²) in [6.45, 7) is 6.45. The molecule has 1 aromatic rings. The molecule has 0 unspecified atom stereocenters. The molecule has 0 radical (unpaired) electrons. The monoisotopic (exact) mass is 182 g/mol. The van der Waals surface area contributed by atoms with Crippen molar-refractivity contribution in [2.24, 2.45) is 11.1 Å². The highest BCUT2D eigenvalue weighted by Crippen LogP contribution is 2.57. The number of nitrogens with zero attached hydrogens (tertiary/aromatic N) is 1. The summed E-state index contributed by atoms with van der Waals surface area (Å²) >= 11 is 1.71. The van der Waals surface area contributed by atoms with E-state index in [1.165, 1.54) is 5.69 Å². The molecular formula is C9H14N2S. The maximum atomic E-state index is 5.95. The molecule has 2 rings (SSSR count). The molecule has 2 atom stereocenters. The minimum absolute atomic E-state index is 0.264. The van der Waals surface area contributed by atoms with Gasteiger partial charge in [0.2, 0.25) is 0 Å². The largest absolute Gasteiger partial charge is 0.327 e. The highest BCUT2D eigenvalue weighted by atomic mass is 32.1. The van der Waals surface area contributed by atoms with Gasteiger partial charge in [-0.1, -0.05) is 13.8 Å². The van der Waals surface area contributed by atoms with Crippen LogP contribution in [0.2, 0.25) is 0 Å². The van der Waals surface area contributed by atoms with E-state index in [2.05, 4.69) is 24.2 Å². The van der Waals surface area contributed by atoms with Gasteiger partial charge in [-0.3, -0.25) is 0 Å². The van der Waals surface area contributed by atoms with Crippen LogP contribution in [0.4, 0.5) is 0 Å². The molecule has 0 aliphatic heterocycles. The molecule has 1 fully saturated rings. The maximum absolute atomic E-state index is 5.95. The molecule has 0 bridgehead atoms. The molecule has 0 saturated heterocycles. The zero-order valence-electron chi connectivity index (χ0n) is 7.66. The van der Waals surface area contributed by atoms with Gasteiger partial charge in [0.1, 0.15) is 0 Å². The molecule has 1 aromatic heterocycles. The van der Waals surface area contributed by atoms with E-state index in [1.54, 1.807) is 11.3 Å². The molecule has 0 amide bonds. The van der Waals surface area contributed by atoms with Gasteiger partial charge in [0, 0.05) is 17.3 Å². The number of hydrogen-bond donors (Lipinski definition) is 1. The Balaban J connectivity index is 2.24. The molecule has 0 spiro atoms. The second-order valence-electron chi connectivity index (χ2n) is 4.12. The molecule has 1 aliphatic carbocycles. The summed E-state index contributed by atoms with van der Waals surface area (Å²) in [6.07, 6.45) is 0. The first-order valence-electron chi connectivity index (χ1n) is 4.21. The number of hydrogen-bond acceptors (Lipinski definition) is 3. The van der Waals surface area contributed by atoms with E-state index >= 15 is 0 Å². The first kappa shape index (κ1) is 8.20. The average molecular weight is 182 g/mol. The number of nitrogens with two attached hydrogens (primary N) is 1. The summed E-state index contributed by atoms with van der Waals surface area (Å²) in [7, 11) is 0. The Morgan fingerprint density at radius 1 is 1.58 bits per heavy atom. The SMILES string of the molecule is Cc1nc([C@H]2[C@H](N)C2(C)C)cs1. The average Bonchev–Trinajstić information content (AvgIpc) is 2.38. The van der Waals surface area contributed by atoms with Gasteiger partial charge in [-0.05, 0) is 12.3 Å². The summed E-state index contributed by atoms with van der Waals surface area (Å²) in [5.74, 6) is 0.488. The highest BCUT2D eigenvalue weighted by Gasteiger charge is 2.57. The fourth-order valence-electron chi connectivity index (χ4n) is 1.77. The summed E-state index contributed by atoms with van der Waals surface area (Å²) in [5.41, 5.74) is 7.40. The Morgan fingerprint density at radius 2 is 2.17 bits per heavy atom. The fraction of sp³-hybridized carbons (Fsp3) is 0.667. The number of thiazole rings is 1. The lowest BCUT2D eigenvalue weighted by atomic mass is 10.1. The lowest BCUT2D eigenvalue weighted by molar-refractivity contribution is 0.596. The van der Waals surface area contributed by atoms with E-state index in [4.69, 9.17) is 5.73 Å². The molecule has 2 nitrogen and oxygen atoms in total. The van der Waals surface area contributed by atoms with Crippen molar-refractivity contribution < 1.29 is 0 Å². The van der Waals surface area contributed by atoms with Crippen molar-refractivity contribution in [3.63, 3.8) is 0 Å². The minimum atomic E-state index is 0.264. The number of aromatic nitrogens is 1. The van der Waals surface area contributed by atoms with E-state index in [0.717, 1.165) is 5.01 Å². The summed E-state index contributed by atoms with van der Waals surface area (Å²) < 4.78 is 0. The standard InChI is InChI=1S/C9H14N2S/c1-5-11-6(4-12-5)7-8(10)9(7,2)3/h4,7-8H,10H2,1-3H3/t7-,8-/m0/s1. The van der Waals surface area contributed by atoms with Crippen LogP contribution in [-0.4, -0.2) is 11.0 Å². The van der Waals surface area contributed by atoms with E-state index in [0.29, 0.717) is 12.0 Å². The Kier molecular flexibility index (Phi) is 1.57. The minimum Gasteiger partial charge on any atom is -0.327 e. The van der Waals surface area contributed by atoms with Gasteiger partial charge in [0.05, 0.1) is 10.7 Å². The molecule has 12 heavy (non-hydrogen) atoms. The van der Waals surface area contributed by atoms with Crippen LogP contribution in [-0.2, 0) is 0 Å². The van der Waals surface area contributed by atoms with Crippen LogP contribution < -0.4 is 5.73 Å². The summed E-state index contributed by atoms with van der Waals surface area (Å²) in [4.78, 5) is 4.46. The Morgan fingerprint density at radius 3 is 2.50 bits per heavy atom. The quantitative estimate of drug-likeness (QED) is 0.720. The predicted octanol–water partition coefficient (Wildman–Crippen LogP) is 1.90. The van der Waals surface area contributed by atoms with Crippen molar-refractivity contribution >= 4 is 11.3 Å². The molecule has 1 saturated carbocycles. The second kappa shape index (κ2) is 2.30. The first-order valence-corrected chi connectivity index (χ1v) is 5.09. The van der Waals surface area contributed by atoms with E-state index in [-0.39, 0.29) is 5.41 Å². The summed E-state index contributed by atoms with van der Waals surface area (Å²) in [5, 5.41) is 3.27. The smallest absolute Gasteiger partial charge is 0.0897 e. The molecule has 2 N–H and O–H groups in total. The Labute approximate surface area is 76.8 Å². The van der Waals surface area contributed by atoms with Crippen molar-refractivity contribution in [3.05, 3.63) is 16.1 Å². The van der Waals surface area contributed by atoms with Crippen LogP contribution in [0.1, 0.15) is 30.5 Å². The normalized spacial score (nSPS) is 32.0. The van der Waals surface area contributed by atoms with Crippen LogP contribution >= 0.6 is 11.3 Å². The third-order valence-electron chi connectivity index (χ3n) is 2.87. The zero-order valence-corrected chi connectivity index (χ0v) is 8.48. The third kappa shape index (κ3) is 1.00. The summed E-state index contributed by atoms with van der Waals surface area (Å²) in [6, 6.07) is 0.305. The van der Waals surface area contributed by atoms with Crippen molar-refractivity contribution in [2.75, 3.05) is 0 Å². The van der Waals surface area contributed by atoms with E-state index < -0.39 is 0 Å². The van der Waals surface area contributed by atoms with E-state index in [9.17, 15) is 0 Å². The predicted molar refractivity (Wildman–Crippen MR) is 51.3 cm³/mol. The van der Waals surface area contributed by atoms with Gasteiger partial charge in [-0.25, -0.2) is 4.98 Å². The van der Waals surface area contributed by atoms with Gasteiger partial charge in [-0.2, -0.15) is 0 Å². The lowest BCUT2D eigenvalue weighted by Gasteiger charge is -1.97. The van der Waals surface area contributed by atoms with Crippen LogP contribution in [0, 0.1) is 12.3 Å². The highest BCUT2D eigenvalue weighted by molar-refractivity contribution is 7.09.